The summed E-state index contributed by atoms with van der Waals surface area (Å²) in [4.78, 5) is 44.0. The van der Waals surface area contributed by atoms with Gasteiger partial charge in [0.15, 0.2) is 5.60 Å². The largest absolute Gasteiger partial charge is 0.395 e. The first-order chi connectivity index (χ1) is 21.9. The highest BCUT2D eigenvalue weighted by Gasteiger charge is 2.67. The van der Waals surface area contributed by atoms with Crippen molar-refractivity contribution in [1.82, 2.24) is 4.90 Å². The molecule has 2 aliphatic heterocycles. The maximum atomic E-state index is 16.3. The van der Waals surface area contributed by atoms with Crippen LogP contribution in [0.15, 0.2) is 78.9 Å². The Balaban J connectivity index is 1.55. The van der Waals surface area contributed by atoms with Crippen molar-refractivity contribution < 1.29 is 33.4 Å². The molecule has 3 aromatic carbocycles. The molecular weight excluding hydrogens is 605 g/mol. The number of nitrogens with one attached hydrogen (secondary N) is 1. The number of aliphatic hydroxyl groups is 2. The van der Waals surface area contributed by atoms with Gasteiger partial charge in [-0.05, 0) is 49.3 Å². The number of anilines is 2. The highest BCUT2D eigenvalue weighted by molar-refractivity contribution is 6.72. The first kappa shape index (κ1) is 33.5. The Kier molecular flexibility index (Phi) is 9.78. The average Bonchev–Trinajstić information content (AvgIpc) is 3.44. The van der Waals surface area contributed by atoms with E-state index in [2.05, 4.69) is 5.32 Å². The molecule has 0 aliphatic carbocycles. The van der Waals surface area contributed by atoms with Crippen LogP contribution in [0.1, 0.15) is 37.0 Å². The number of hydrogen-bond donors (Lipinski definition) is 3. The molecule has 244 valence electrons. The normalized spacial score (nSPS) is 23.0. The van der Waals surface area contributed by atoms with Gasteiger partial charge in [0, 0.05) is 35.8 Å². The minimum Gasteiger partial charge on any atom is -0.395 e. The molecule has 0 unspecified atom stereocenters. The molecule has 0 saturated carbocycles. The highest BCUT2D eigenvalue weighted by atomic mass is 28.4. The Bertz CT molecular complexity index is 1570. The number of rotatable bonds is 11. The van der Waals surface area contributed by atoms with Gasteiger partial charge in [0.1, 0.15) is 6.10 Å². The van der Waals surface area contributed by atoms with E-state index in [0.717, 1.165) is 11.1 Å². The molecule has 2 heterocycles. The second kappa shape index (κ2) is 13.4. The van der Waals surface area contributed by atoms with Crippen LogP contribution in [0.25, 0.3) is 0 Å². The third-order valence-electron chi connectivity index (χ3n) is 9.11. The summed E-state index contributed by atoms with van der Waals surface area (Å²) in [5.74, 6) is -1.92. The molecule has 3 amide bonds. The van der Waals surface area contributed by atoms with E-state index < -0.39 is 43.6 Å². The number of aliphatic hydroxyl groups excluding tert-OH is 2. The summed E-state index contributed by atoms with van der Waals surface area (Å²) in [5.41, 5.74) is 0.877. The lowest BCUT2D eigenvalue weighted by Crippen LogP contribution is -2.45. The molecular formula is C35H42FN3O6Si. The number of carbonyl (C=O) groups excluding carboxylic acids is 3. The van der Waals surface area contributed by atoms with Crippen LogP contribution < -0.4 is 10.2 Å². The molecule has 1 saturated heterocycles. The average molecular weight is 648 g/mol. The molecule has 3 aromatic rings. The molecule has 0 bridgehead atoms. The maximum absolute atomic E-state index is 16.3. The number of fused-ring (bicyclic) bond motifs is 2. The summed E-state index contributed by atoms with van der Waals surface area (Å²) < 4.78 is 23.1. The molecule has 0 aromatic heterocycles. The lowest BCUT2D eigenvalue weighted by molar-refractivity contribution is -0.150. The number of amides is 3. The van der Waals surface area contributed by atoms with Gasteiger partial charge in [-0.1, -0.05) is 67.6 Å². The Labute approximate surface area is 270 Å². The highest BCUT2D eigenvalue weighted by Crippen LogP contribution is 2.60. The molecule has 0 radical (unpaired) electrons. The van der Waals surface area contributed by atoms with Gasteiger partial charge >= 0.3 is 0 Å². The minimum atomic E-state index is -3.56. The molecule has 1 fully saturated rings. The fourth-order valence-electron chi connectivity index (χ4n) is 7.01. The Morgan fingerprint density at radius 2 is 1.70 bits per heavy atom. The van der Waals surface area contributed by atoms with Crippen molar-refractivity contribution in [2.75, 3.05) is 23.4 Å². The van der Waals surface area contributed by atoms with E-state index in [1.54, 1.807) is 36.2 Å². The quantitative estimate of drug-likeness (QED) is 0.204. The van der Waals surface area contributed by atoms with Crippen molar-refractivity contribution in [1.29, 1.82) is 0 Å². The van der Waals surface area contributed by atoms with Gasteiger partial charge in [-0.2, -0.15) is 0 Å². The second-order valence-corrected chi connectivity index (χ2v) is 16.6. The standard InChI is InChI=1S/C35H42FN3O6Si/c1-23-32(46(3,4)36)30(20-31(42)38(17-18-40)21-25-11-7-5-8-12-25)45-35(23)28-19-27(37-33(43)24(2)41)15-16-29(28)39(34(35)44)22-26-13-9-6-10-14-26/h5-16,19,23-24,30,32,40-41H,17-18,20-22H2,1-4H3,(H,37,43)/t23-,24+,30+,32-,35+/m1/s1. The van der Waals surface area contributed by atoms with Crippen molar-refractivity contribution >= 4 is 37.5 Å². The number of hydrogen-bond acceptors (Lipinski definition) is 6. The van der Waals surface area contributed by atoms with Crippen molar-refractivity contribution in [3.05, 3.63) is 95.6 Å². The van der Waals surface area contributed by atoms with Gasteiger partial charge in [0.25, 0.3) is 11.8 Å². The van der Waals surface area contributed by atoms with Crippen LogP contribution in [-0.2, 0) is 37.8 Å². The van der Waals surface area contributed by atoms with Crippen LogP contribution >= 0.6 is 0 Å². The first-order valence-corrected chi connectivity index (χ1v) is 18.6. The molecule has 11 heteroatoms. The smallest absolute Gasteiger partial charge is 0.264 e. The maximum Gasteiger partial charge on any atom is 0.264 e. The third kappa shape index (κ3) is 6.50. The summed E-state index contributed by atoms with van der Waals surface area (Å²) >= 11 is 0. The van der Waals surface area contributed by atoms with E-state index in [1.165, 1.54) is 11.8 Å². The van der Waals surface area contributed by atoms with Crippen LogP contribution in [0.2, 0.25) is 18.6 Å². The van der Waals surface area contributed by atoms with Gasteiger partial charge in [0.05, 0.1) is 31.4 Å². The third-order valence-corrected chi connectivity index (χ3v) is 11.6. The first-order valence-electron chi connectivity index (χ1n) is 15.7. The topological polar surface area (TPSA) is 119 Å². The lowest BCUT2D eigenvalue weighted by Gasteiger charge is -2.31. The van der Waals surface area contributed by atoms with Crippen molar-refractivity contribution in [2.24, 2.45) is 5.92 Å². The predicted molar refractivity (Wildman–Crippen MR) is 176 cm³/mol. The van der Waals surface area contributed by atoms with Crippen LogP contribution in [0.5, 0.6) is 0 Å². The van der Waals surface area contributed by atoms with Crippen molar-refractivity contribution in [3.63, 3.8) is 0 Å². The number of halogens is 1. The number of benzene rings is 3. The molecule has 1 spiro atoms. The van der Waals surface area contributed by atoms with Gasteiger partial charge in [-0.3, -0.25) is 14.4 Å². The van der Waals surface area contributed by atoms with Crippen LogP contribution in [0.4, 0.5) is 15.5 Å². The van der Waals surface area contributed by atoms with E-state index in [0.29, 0.717) is 16.9 Å². The monoisotopic (exact) mass is 647 g/mol. The van der Waals surface area contributed by atoms with Gasteiger partial charge in [-0.15, -0.1) is 0 Å². The number of nitrogens with zero attached hydrogens (tertiary/aromatic N) is 2. The Morgan fingerprint density at radius 1 is 1.07 bits per heavy atom. The zero-order valence-electron chi connectivity index (χ0n) is 26.7. The Morgan fingerprint density at radius 3 is 2.28 bits per heavy atom. The van der Waals surface area contributed by atoms with Gasteiger partial charge < -0.3 is 34.2 Å². The van der Waals surface area contributed by atoms with E-state index in [9.17, 15) is 24.6 Å². The summed E-state index contributed by atoms with van der Waals surface area (Å²) in [6.45, 7) is 6.70. The van der Waals surface area contributed by atoms with E-state index in [4.69, 9.17) is 4.74 Å². The van der Waals surface area contributed by atoms with E-state index in [1.807, 2.05) is 67.6 Å². The molecule has 9 nitrogen and oxygen atoms in total. The van der Waals surface area contributed by atoms with Crippen LogP contribution in [0, 0.1) is 5.92 Å². The van der Waals surface area contributed by atoms with Gasteiger partial charge in [0.2, 0.25) is 14.3 Å². The summed E-state index contributed by atoms with van der Waals surface area (Å²) in [6, 6.07) is 24.0. The minimum absolute atomic E-state index is 0.0984. The zero-order valence-corrected chi connectivity index (χ0v) is 27.7. The van der Waals surface area contributed by atoms with Crippen LogP contribution in [-0.4, -0.2) is 66.6 Å². The fraction of sp³-hybridized carbons (Fsp3) is 0.400. The van der Waals surface area contributed by atoms with Crippen molar-refractivity contribution in [2.45, 2.75) is 69.8 Å². The predicted octanol–water partition coefficient (Wildman–Crippen LogP) is 4.74. The zero-order chi connectivity index (χ0) is 33.2. The van der Waals surface area contributed by atoms with Crippen molar-refractivity contribution in [3.8, 4) is 0 Å². The summed E-state index contributed by atoms with van der Waals surface area (Å²) in [5, 5.41) is 22.2. The molecule has 5 rings (SSSR count). The Hall–Kier alpha value is -3.90. The SMILES string of the molecule is C[C@H](O)C(=O)Nc1ccc2c(c1)[C@]1(O[C@@H](CC(=O)N(CCO)Cc3ccccc3)[C@H]([Si](C)(C)F)[C@H]1C)C(=O)N2Cc1ccccc1. The summed E-state index contributed by atoms with van der Waals surface area (Å²) in [6.07, 6.45) is -2.32. The second-order valence-electron chi connectivity index (χ2n) is 12.8. The molecule has 46 heavy (non-hydrogen) atoms. The van der Waals surface area contributed by atoms with Crippen LogP contribution in [0.3, 0.4) is 0 Å². The molecule has 2 aliphatic rings. The molecule has 3 N–H and O–H groups in total. The lowest BCUT2D eigenvalue weighted by atomic mass is 9.82. The van der Waals surface area contributed by atoms with E-state index in [-0.39, 0.29) is 44.5 Å². The summed E-state index contributed by atoms with van der Waals surface area (Å²) in [7, 11) is -3.56. The van der Waals surface area contributed by atoms with E-state index >= 15 is 4.11 Å². The fourth-order valence-corrected chi connectivity index (χ4v) is 9.51. The number of ether oxygens (including phenoxy) is 1. The van der Waals surface area contributed by atoms with Gasteiger partial charge in [-0.25, -0.2) is 0 Å². The number of carbonyl (C=O) groups is 3. The molecule has 5 atom stereocenters.